The molecule has 1 atom stereocenters. The zero-order valence-corrected chi connectivity index (χ0v) is 10.0. The maximum absolute atomic E-state index is 11.6. The first kappa shape index (κ1) is 12.5. The molecule has 1 unspecified atom stereocenters. The van der Waals surface area contributed by atoms with Crippen molar-refractivity contribution in [3.63, 3.8) is 0 Å². The summed E-state index contributed by atoms with van der Waals surface area (Å²) in [6.07, 6.45) is 5.82. The van der Waals surface area contributed by atoms with Crippen molar-refractivity contribution in [2.75, 3.05) is 13.1 Å². The smallest absolute Gasteiger partial charge is 0.222 e. The molecule has 1 amide bonds. The van der Waals surface area contributed by atoms with Crippen LogP contribution in [0, 0.1) is 11.3 Å². The van der Waals surface area contributed by atoms with Gasteiger partial charge in [0.2, 0.25) is 5.91 Å². The molecule has 1 aliphatic carbocycles. The highest BCUT2D eigenvalue weighted by Crippen LogP contribution is 2.48. The molecule has 0 aromatic rings. The molecule has 0 aliphatic heterocycles. The summed E-state index contributed by atoms with van der Waals surface area (Å²) in [6, 6.07) is 0. The SMILES string of the molecule is CCCC1(CNC(=O)C(C)CCN)CC1. The zero-order valence-electron chi connectivity index (χ0n) is 10.0. The first-order chi connectivity index (χ1) is 7.13. The topological polar surface area (TPSA) is 55.1 Å². The average molecular weight is 212 g/mol. The number of carbonyl (C=O) groups excluding carboxylic acids is 1. The Balaban J connectivity index is 2.22. The van der Waals surface area contributed by atoms with Crippen LogP contribution in [0.1, 0.15) is 46.0 Å². The van der Waals surface area contributed by atoms with Gasteiger partial charge in [-0.05, 0) is 37.6 Å². The van der Waals surface area contributed by atoms with E-state index in [1.165, 1.54) is 25.7 Å². The monoisotopic (exact) mass is 212 g/mol. The second-order valence-electron chi connectivity index (χ2n) is 4.95. The summed E-state index contributed by atoms with van der Waals surface area (Å²) in [5, 5.41) is 3.06. The molecule has 0 radical (unpaired) electrons. The molecule has 0 aromatic heterocycles. The Kier molecular flexibility index (Phi) is 4.58. The van der Waals surface area contributed by atoms with Gasteiger partial charge in [-0.2, -0.15) is 0 Å². The molecule has 3 N–H and O–H groups in total. The maximum atomic E-state index is 11.6. The van der Waals surface area contributed by atoms with Crippen LogP contribution in [0.3, 0.4) is 0 Å². The lowest BCUT2D eigenvalue weighted by Gasteiger charge is -2.17. The van der Waals surface area contributed by atoms with Gasteiger partial charge in [0, 0.05) is 12.5 Å². The summed E-state index contributed by atoms with van der Waals surface area (Å²) >= 11 is 0. The first-order valence-electron chi connectivity index (χ1n) is 6.11. The van der Waals surface area contributed by atoms with Crippen molar-refractivity contribution in [1.82, 2.24) is 5.32 Å². The molecule has 1 rings (SSSR count). The first-order valence-corrected chi connectivity index (χ1v) is 6.11. The van der Waals surface area contributed by atoms with Crippen LogP contribution < -0.4 is 11.1 Å². The molecular formula is C12H24N2O. The van der Waals surface area contributed by atoms with Gasteiger partial charge in [-0.15, -0.1) is 0 Å². The Morgan fingerprint density at radius 1 is 1.53 bits per heavy atom. The Morgan fingerprint density at radius 3 is 2.67 bits per heavy atom. The molecule has 3 heteroatoms. The largest absolute Gasteiger partial charge is 0.355 e. The number of nitrogens with one attached hydrogen (secondary N) is 1. The second kappa shape index (κ2) is 5.50. The minimum absolute atomic E-state index is 0.0624. The van der Waals surface area contributed by atoms with E-state index in [0.717, 1.165) is 13.0 Å². The van der Waals surface area contributed by atoms with Gasteiger partial charge in [-0.3, -0.25) is 4.79 Å². The summed E-state index contributed by atoms with van der Waals surface area (Å²) in [5.74, 6) is 0.232. The molecule has 0 heterocycles. The minimum Gasteiger partial charge on any atom is -0.355 e. The van der Waals surface area contributed by atoms with Crippen LogP contribution in [0.5, 0.6) is 0 Å². The molecule has 0 aromatic carbocycles. The van der Waals surface area contributed by atoms with Crippen LogP contribution in [-0.2, 0) is 4.79 Å². The average Bonchev–Trinajstić information content (AvgIpc) is 2.96. The molecule has 88 valence electrons. The number of amides is 1. The lowest BCUT2D eigenvalue weighted by Crippen LogP contribution is -2.34. The van der Waals surface area contributed by atoms with Crippen molar-refractivity contribution in [2.45, 2.75) is 46.0 Å². The Hall–Kier alpha value is -0.570. The van der Waals surface area contributed by atoms with Crippen LogP contribution in [0.2, 0.25) is 0 Å². The predicted molar refractivity (Wildman–Crippen MR) is 62.4 cm³/mol. The third-order valence-electron chi connectivity index (χ3n) is 3.42. The Labute approximate surface area is 92.8 Å². The summed E-state index contributed by atoms with van der Waals surface area (Å²) in [4.78, 5) is 11.6. The van der Waals surface area contributed by atoms with Gasteiger partial charge in [-0.25, -0.2) is 0 Å². The van der Waals surface area contributed by atoms with Gasteiger partial charge >= 0.3 is 0 Å². The van der Waals surface area contributed by atoms with E-state index in [2.05, 4.69) is 12.2 Å². The normalized spacial score (nSPS) is 19.7. The molecule has 3 nitrogen and oxygen atoms in total. The highest BCUT2D eigenvalue weighted by atomic mass is 16.1. The van der Waals surface area contributed by atoms with Crippen LogP contribution in [0.15, 0.2) is 0 Å². The van der Waals surface area contributed by atoms with Gasteiger partial charge in [-0.1, -0.05) is 20.3 Å². The summed E-state index contributed by atoms with van der Waals surface area (Å²) in [6.45, 7) is 5.61. The molecule has 1 aliphatic rings. The van der Waals surface area contributed by atoms with Gasteiger partial charge < -0.3 is 11.1 Å². The van der Waals surface area contributed by atoms with E-state index in [1.54, 1.807) is 0 Å². The third kappa shape index (κ3) is 3.82. The number of nitrogens with two attached hydrogens (primary N) is 1. The van der Waals surface area contributed by atoms with Crippen LogP contribution >= 0.6 is 0 Å². The molecular weight excluding hydrogens is 188 g/mol. The highest BCUT2D eigenvalue weighted by molar-refractivity contribution is 5.78. The number of carbonyl (C=O) groups is 1. The molecule has 1 saturated carbocycles. The summed E-state index contributed by atoms with van der Waals surface area (Å²) in [7, 11) is 0. The van der Waals surface area contributed by atoms with E-state index in [9.17, 15) is 4.79 Å². The van der Waals surface area contributed by atoms with Gasteiger partial charge in [0.25, 0.3) is 0 Å². The minimum atomic E-state index is 0.0624. The molecule has 1 fully saturated rings. The van der Waals surface area contributed by atoms with Crippen molar-refractivity contribution in [3.8, 4) is 0 Å². The third-order valence-corrected chi connectivity index (χ3v) is 3.42. The quantitative estimate of drug-likeness (QED) is 0.674. The molecule has 0 bridgehead atoms. The van der Waals surface area contributed by atoms with E-state index < -0.39 is 0 Å². The second-order valence-corrected chi connectivity index (χ2v) is 4.95. The van der Waals surface area contributed by atoms with E-state index in [-0.39, 0.29) is 11.8 Å². The van der Waals surface area contributed by atoms with Gasteiger partial charge in [0.1, 0.15) is 0 Å². The van der Waals surface area contributed by atoms with Crippen molar-refractivity contribution >= 4 is 5.91 Å². The number of hydrogen-bond donors (Lipinski definition) is 2. The van der Waals surface area contributed by atoms with Gasteiger partial charge in [0.15, 0.2) is 0 Å². The zero-order chi connectivity index (χ0) is 11.3. The highest BCUT2D eigenvalue weighted by Gasteiger charge is 2.41. The molecule has 0 saturated heterocycles. The van der Waals surface area contributed by atoms with E-state index in [0.29, 0.717) is 12.0 Å². The van der Waals surface area contributed by atoms with E-state index in [4.69, 9.17) is 5.73 Å². The maximum Gasteiger partial charge on any atom is 0.222 e. The summed E-state index contributed by atoms with van der Waals surface area (Å²) < 4.78 is 0. The van der Waals surface area contributed by atoms with Crippen molar-refractivity contribution < 1.29 is 4.79 Å². The molecule has 0 spiro atoms. The van der Waals surface area contributed by atoms with Crippen LogP contribution in [0.4, 0.5) is 0 Å². The Morgan fingerprint density at radius 2 is 2.20 bits per heavy atom. The fourth-order valence-electron chi connectivity index (χ4n) is 2.05. The Bertz CT molecular complexity index is 212. The van der Waals surface area contributed by atoms with Crippen molar-refractivity contribution in [2.24, 2.45) is 17.1 Å². The number of hydrogen-bond acceptors (Lipinski definition) is 2. The number of rotatable bonds is 7. The van der Waals surface area contributed by atoms with E-state index in [1.807, 2.05) is 6.92 Å². The fraction of sp³-hybridized carbons (Fsp3) is 0.917. The van der Waals surface area contributed by atoms with Crippen molar-refractivity contribution in [1.29, 1.82) is 0 Å². The van der Waals surface area contributed by atoms with E-state index >= 15 is 0 Å². The lowest BCUT2D eigenvalue weighted by molar-refractivity contribution is -0.124. The van der Waals surface area contributed by atoms with Crippen LogP contribution in [-0.4, -0.2) is 19.0 Å². The molecule has 15 heavy (non-hydrogen) atoms. The fourth-order valence-corrected chi connectivity index (χ4v) is 2.05. The predicted octanol–water partition coefficient (Wildman–Crippen LogP) is 1.67. The van der Waals surface area contributed by atoms with Crippen LogP contribution in [0.25, 0.3) is 0 Å². The lowest BCUT2D eigenvalue weighted by atomic mass is 10.00. The van der Waals surface area contributed by atoms with Gasteiger partial charge in [0.05, 0.1) is 0 Å². The standard InChI is InChI=1S/C12H24N2O/c1-3-5-12(6-7-12)9-14-11(15)10(2)4-8-13/h10H,3-9,13H2,1-2H3,(H,14,15). The summed E-state index contributed by atoms with van der Waals surface area (Å²) in [5.41, 5.74) is 5.88. The van der Waals surface area contributed by atoms with Crippen molar-refractivity contribution in [3.05, 3.63) is 0 Å².